The monoisotopic (exact) mass is 306 g/mol. The van der Waals surface area contributed by atoms with Crippen LogP contribution in [0, 0.1) is 17.6 Å². The van der Waals surface area contributed by atoms with E-state index in [1.165, 1.54) is 6.07 Å². The van der Waals surface area contributed by atoms with Crippen LogP contribution in [0.4, 0.5) is 20.3 Å². The molecule has 0 bridgehead atoms. The number of amides is 1. The fourth-order valence-corrected chi connectivity index (χ4v) is 1.63. The van der Waals surface area contributed by atoms with Crippen molar-refractivity contribution < 1.29 is 13.6 Å². The van der Waals surface area contributed by atoms with E-state index in [4.69, 9.17) is 0 Å². The minimum absolute atomic E-state index is 0.0406. The summed E-state index contributed by atoms with van der Waals surface area (Å²) in [7, 11) is 0. The quantitative estimate of drug-likeness (QED) is 0.891. The summed E-state index contributed by atoms with van der Waals surface area (Å²) in [5.41, 5.74) is -0.0750. The van der Waals surface area contributed by atoms with Gasteiger partial charge in [0.2, 0.25) is 0 Å². The highest BCUT2D eigenvalue weighted by Crippen LogP contribution is 2.15. The lowest BCUT2D eigenvalue weighted by molar-refractivity contribution is 0.102. The molecule has 0 radical (unpaired) electrons. The Hall–Kier alpha value is -2.57. The number of anilines is 2. The number of carbonyl (C=O) groups is 1. The highest BCUT2D eigenvalue weighted by Gasteiger charge is 2.12. The van der Waals surface area contributed by atoms with E-state index in [1.54, 1.807) is 6.07 Å². The molecule has 22 heavy (non-hydrogen) atoms. The van der Waals surface area contributed by atoms with Crippen molar-refractivity contribution in [1.29, 1.82) is 0 Å². The topological polar surface area (TPSA) is 66.9 Å². The minimum atomic E-state index is -0.850. The summed E-state index contributed by atoms with van der Waals surface area (Å²) in [6.45, 7) is 4.85. The van der Waals surface area contributed by atoms with Crippen LogP contribution in [0.3, 0.4) is 0 Å². The van der Waals surface area contributed by atoms with E-state index in [-0.39, 0.29) is 11.4 Å². The molecule has 0 spiro atoms. The summed E-state index contributed by atoms with van der Waals surface area (Å²) in [5.74, 6) is -1.18. The minimum Gasteiger partial charge on any atom is -0.368 e. The normalized spacial score (nSPS) is 10.6. The van der Waals surface area contributed by atoms with Crippen LogP contribution >= 0.6 is 0 Å². The molecule has 2 aromatic rings. The molecule has 0 saturated heterocycles. The first-order valence-electron chi connectivity index (χ1n) is 6.79. The standard InChI is InChI=1S/C15H16F2N4O/c1-9(2)8-18-14-6-5-13(20-21-14)15(22)19-12-4-3-10(16)7-11(12)17/h3-7,9H,8H2,1-2H3,(H,18,21)(H,19,22). The van der Waals surface area contributed by atoms with Gasteiger partial charge in [-0.05, 0) is 30.2 Å². The van der Waals surface area contributed by atoms with E-state index in [2.05, 4.69) is 34.7 Å². The molecule has 1 aromatic heterocycles. The molecule has 1 heterocycles. The average molecular weight is 306 g/mol. The number of halogens is 2. The number of nitrogens with zero attached hydrogens (tertiary/aromatic N) is 2. The lowest BCUT2D eigenvalue weighted by Crippen LogP contribution is -2.16. The first-order chi connectivity index (χ1) is 10.5. The van der Waals surface area contributed by atoms with Crippen molar-refractivity contribution in [2.24, 2.45) is 5.92 Å². The number of rotatable bonds is 5. The van der Waals surface area contributed by atoms with Crippen LogP contribution in [0.5, 0.6) is 0 Å². The Kier molecular flexibility index (Phi) is 4.98. The van der Waals surface area contributed by atoms with Crippen molar-refractivity contribution >= 4 is 17.4 Å². The van der Waals surface area contributed by atoms with Gasteiger partial charge >= 0.3 is 0 Å². The van der Waals surface area contributed by atoms with Gasteiger partial charge in [0.1, 0.15) is 17.5 Å². The SMILES string of the molecule is CC(C)CNc1ccc(C(=O)Nc2ccc(F)cc2F)nn1. The van der Waals surface area contributed by atoms with Crippen LogP contribution in [-0.2, 0) is 0 Å². The maximum absolute atomic E-state index is 13.5. The van der Waals surface area contributed by atoms with E-state index in [9.17, 15) is 13.6 Å². The van der Waals surface area contributed by atoms with Crippen LogP contribution in [0.2, 0.25) is 0 Å². The number of nitrogens with one attached hydrogen (secondary N) is 2. The van der Waals surface area contributed by atoms with Crippen molar-refractivity contribution in [1.82, 2.24) is 10.2 Å². The van der Waals surface area contributed by atoms with Crippen molar-refractivity contribution in [3.8, 4) is 0 Å². The molecule has 1 aromatic carbocycles. The van der Waals surface area contributed by atoms with Crippen molar-refractivity contribution in [3.05, 3.63) is 47.7 Å². The van der Waals surface area contributed by atoms with Crippen LogP contribution in [0.25, 0.3) is 0 Å². The molecule has 0 saturated carbocycles. The summed E-state index contributed by atoms with van der Waals surface area (Å²) < 4.78 is 26.3. The predicted octanol–water partition coefficient (Wildman–Crippen LogP) is 3.08. The first kappa shape index (κ1) is 15.8. The van der Waals surface area contributed by atoms with Crippen molar-refractivity contribution in [3.63, 3.8) is 0 Å². The summed E-state index contributed by atoms with van der Waals surface area (Å²) in [4.78, 5) is 11.9. The third-order valence-corrected chi connectivity index (χ3v) is 2.77. The molecule has 0 unspecified atom stereocenters. The Morgan fingerprint density at radius 2 is 1.95 bits per heavy atom. The molecule has 0 fully saturated rings. The number of carbonyl (C=O) groups excluding carboxylic acids is 1. The molecule has 0 atom stereocenters. The molecule has 2 rings (SSSR count). The van der Waals surface area contributed by atoms with Gasteiger partial charge in [-0.2, -0.15) is 0 Å². The molecule has 5 nitrogen and oxygen atoms in total. The van der Waals surface area contributed by atoms with Gasteiger partial charge in [0, 0.05) is 12.6 Å². The molecule has 0 aliphatic carbocycles. The summed E-state index contributed by atoms with van der Waals surface area (Å²) in [6, 6.07) is 6.00. The largest absolute Gasteiger partial charge is 0.368 e. The fourth-order valence-electron chi connectivity index (χ4n) is 1.63. The van der Waals surface area contributed by atoms with E-state index in [1.807, 2.05) is 0 Å². The molecule has 2 N–H and O–H groups in total. The van der Waals surface area contributed by atoms with Gasteiger partial charge in [0.25, 0.3) is 5.91 Å². The van der Waals surface area contributed by atoms with Gasteiger partial charge < -0.3 is 10.6 Å². The number of benzene rings is 1. The van der Waals surface area contributed by atoms with E-state index >= 15 is 0 Å². The smallest absolute Gasteiger partial charge is 0.276 e. The van der Waals surface area contributed by atoms with Crippen LogP contribution in [-0.4, -0.2) is 22.6 Å². The molecule has 1 amide bonds. The summed E-state index contributed by atoms with van der Waals surface area (Å²) in [5, 5.41) is 13.0. The zero-order chi connectivity index (χ0) is 16.1. The van der Waals surface area contributed by atoms with Gasteiger partial charge in [0.15, 0.2) is 5.69 Å². The zero-order valence-corrected chi connectivity index (χ0v) is 12.2. The van der Waals surface area contributed by atoms with E-state index in [0.29, 0.717) is 17.8 Å². The third-order valence-electron chi connectivity index (χ3n) is 2.77. The maximum Gasteiger partial charge on any atom is 0.276 e. The molecule has 0 aliphatic rings. The number of aromatic nitrogens is 2. The average Bonchev–Trinajstić information content (AvgIpc) is 2.48. The van der Waals surface area contributed by atoms with Crippen molar-refractivity contribution in [2.75, 3.05) is 17.2 Å². The molecule has 7 heteroatoms. The number of hydrogen-bond donors (Lipinski definition) is 2. The summed E-state index contributed by atoms with van der Waals surface area (Å²) >= 11 is 0. The number of hydrogen-bond acceptors (Lipinski definition) is 4. The summed E-state index contributed by atoms with van der Waals surface area (Å²) in [6.07, 6.45) is 0. The van der Waals surface area contributed by atoms with E-state index in [0.717, 1.165) is 18.7 Å². The molecule has 0 aliphatic heterocycles. The maximum atomic E-state index is 13.5. The van der Waals surface area contributed by atoms with Gasteiger partial charge in [-0.1, -0.05) is 13.8 Å². The Bertz CT molecular complexity index is 659. The van der Waals surface area contributed by atoms with Gasteiger partial charge in [-0.15, -0.1) is 10.2 Å². The second kappa shape index (κ2) is 6.93. The van der Waals surface area contributed by atoms with Crippen LogP contribution < -0.4 is 10.6 Å². The zero-order valence-electron chi connectivity index (χ0n) is 12.2. The van der Waals surface area contributed by atoms with Crippen molar-refractivity contribution in [2.45, 2.75) is 13.8 Å². The Morgan fingerprint density at radius 3 is 2.55 bits per heavy atom. The predicted molar refractivity (Wildman–Crippen MR) is 79.7 cm³/mol. The fraction of sp³-hybridized carbons (Fsp3) is 0.267. The molecular weight excluding hydrogens is 290 g/mol. The third kappa shape index (κ3) is 4.21. The lowest BCUT2D eigenvalue weighted by atomic mass is 10.2. The van der Waals surface area contributed by atoms with E-state index < -0.39 is 17.5 Å². The van der Waals surface area contributed by atoms with Crippen LogP contribution in [0.1, 0.15) is 24.3 Å². The Labute approximate surface area is 126 Å². The lowest BCUT2D eigenvalue weighted by Gasteiger charge is -2.08. The molecular formula is C15H16F2N4O. The van der Waals surface area contributed by atoms with Crippen LogP contribution in [0.15, 0.2) is 30.3 Å². The first-order valence-corrected chi connectivity index (χ1v) is 6.79. The van der Waals surface area contributed by atoms with Gasteiger partial charge in [-0.3, -0.25) is 4.79 Å². The second-order valence-corrected chi connectivity index (χ2v) is 5.16. The highest BCUT2D eigenvalue weighted by atomic mass is 19.1. The Morgan fingerprint density at radius 1 is 1.18 bits per heavy atom. The second-order valence-electron chi connectivity index (χ2n) is 5.16. The Balaban J connectivity index is 2.03. The highest BCUT2D eigenvalue weighted by molar-refractivity contribution is 6.02. The molecule has 116 valence electrons. The van der Waals surface area contributed by atoms with Gasteiger partial charge in [-0.25, -0.2) is 8.78 Å². The van der Waals surface area contributed by atoms with Gasteiger partial charge in [0.05, 0.1) is 5.69 Å².